The summed E-state index contributed by atoms with van der Waals surface area (Å²) in [5.41, 5.74) is 0. The van der Waals surface area contributed by atoms with Crippen LogP contribution in [0.4, 0.5) is 13.2 Å². The molecule has 0 fully saturated rings. The van der Waals surface area contributed by atoms with Crippen molar-refractivity contribution in [3.63, 3.8) is 0 Å². The van der Waals surface area contributed by atoms with E-state index in [4.69, 9.17) is 0 Å². The molecule has 0 aliphatic rings. The predicted molar refractivity (Wildman–Crippen MR) is 40.6 cm³/mol. The first-order valence-electron chi connectivity index (χ1n) is 2.95. The van der Waals surface area contributed by atoms with Gasteiger partial charge in [0, 0.05) is 0 Å². The van der Waals surface area contributed by atoms with Crippen LogP contribution in [-0.4, -0.2) is 7.11 Å². The summed E-state index contributed by atoms with van der Waals surface area (Å²) in [4.78, 5) is 0. The lowest BCUT2D eigenvalue weighted by molar-refractivity contribution is 0.358. The second-order valence-corrected chi connectivity index (χ2v) is 2.86. The monoisotopic (exact) mass is 240 g/mol. The van der Waals surface area contributed by atoms with Crippen LogP contribution in [0.1, 0.15) is 0 Å². The van der Waals surface area contributed by atoms with Crippen molar-refractivity contribution in [2.75, 3.05) is 7.11 Å². The Kier molecular flexibility index (Phi) is 2.62. The van der Waals surface area contributed by atoms with E-state index in [0.717, 1.165) is 6.07 Å². The molecule has 0 spiro atoms. The summed E-state index contributed by atoms with van der Waals surface area (Å²) in [5.74, 6) is -4.45. The third kappa shape index (κ3) is 1.41. The molecule has 0 radical (unpaired) electrons. The highest BCUT2D eigenvalue weighted by molar-refractivity contribution is 9.10. The van der Waals surface area contributed by atoms with Gasteiger partial charge in [0.05, 0.1) is 11.6 Å². The predicted octanol–water partition coefficient (Wildman–Crippen LogP) is 2.88. The maximum Gasteiger partial charge on any atom is 0.204 e. The number of ether oxygens (including phenoxy) is 1. The van der Waals surface area contributed by atoms with Crippen LogP contribution in [0.3, 0.4) is 0 Å². The summed E-state index contributed by atoms with van der Waals surface area (Å²) >= 11 is 2.82. The van der Waals surface area contributed by atoms with Gasteiger partial charge in [0.25, 0.3) is 0 Å². The molecule has 0 amide bonds. The van der Waals surface area contributed by atoms with Gasteiger partial charge in [-0.3, -0.25) is 0 Å². The van der Waals surface area contributed by atoms with Crippen molar-refractivity contribution in [1.82, 2.24) is 0 Å². The Labute approximate surface area is 75.3 Å². The summed E-state index contributed by atoms with van der Waals surface area (Å²) in [7, 11) is 1.17. The zero-order valence-electron chi connectivity index (χ0n) is 6.00. The fourth-order valence-electron chi connectivity index (χ4n) is 0.737. The lowest BCUT2D eigenvalue weighted by Crippen LogP contribution is -1.96. The lowest BCUT2D eigenvalue weighted by Gasteiger charge is -2.05. The van der Waals surface area contributed by atoms with E-state index in [1.807, 2.05) is 0 Å². The van der Waals surface area contributed by atoms with E-state index in [1.165, 1.54) is 7.11 Å². The molecule has 5 heteroatoms. The van der Waals surface area contributed by atoms with Crippen molar-refractivity contribution < 1.29 is 17.9 Å². The van der Waals surface area contributed by atoms with Gasteiger partial charge >= 0.3 is 0 Å². The second-order valence-electron chi connectivity index (χ2n) is 2.00. The summed E-state index contributed by atoms with van der Waals surface area (Å²) in [6.45, 7) is 0. The molecule has 1 rings (SSSR count). The van der Waals surface area contributed by atoms with E-state index in [9.17, 15) is 13.2 Å². The molecule has 0 N–H and O–H groups in total. The van der Waals surface area contributed by atoms with Crippen LogP contribution in [0.25, 0.3) is 0 Å². The SMILES string of the molecule is COc1c(Br)cc(F)c(F)c1F. The standard InChI is InChI=1S/C7H4BrF3O/c1-12-7-3(8)2-4(9)5(10)6(7)11/h2H,1H3. The summed E-state index contributed by atoms with van der Waals surface area (Å²) in [6, 6.07) is 0.803. The Morgan fingerprint density at radius 2 is 1.83 bits per heavy atom. The first kappa shape index (κ1) is 9.38. The minimum absolute atomic E-state index is 0.0430. The number of rotatable bonds is 1. The largest absolute Gasteiger partial charge is 0.492 e. The van der Waals surface area contributed by atoms with Gasteiger partial charge in [-0.25, -0.2) is 8.78 Å². The smallest absolute Gasteiger partial charge is 0.204 e. The van der Waals surface area contributed by atoms with Gasteiger partial charge in [-0.05, 0) is 22.0 Å². The fraction of sp³-hybridized carbons (Fsp3) is 0.143. The third-order valence-corrected chi connectivity index (χ3v) is 1.87. The molecule has 66 valence electrons. The van der Waals surface area contributed by atoms with E-state index >= 15 is 0 Å². The topological polar surface area (TPSA) is 9.23 Å². The van der Waals surface area contributed by atoms with Crippen LogP contribution < -0.4 is 4.74 Å². The molecule has 1 aromatic carbocycles. The highest BCUT2D eigenvalue weighted by Gasteiger charge is 2.17. The molecule has 1 nitrogen and oxygen atoms in total. The van der Waals surface area contributed by atoms with Gasteiger partial charge in [-0.2, -0.15) is 4.39 Å². The Balaban J connectivity index is 3.40. The first-order chi connectivity index (χ1) is 5.57. The number of halogens is 4. The number of hydrogen-bond donors (Lipinski definition) is 0. The Morgan fingerprint density at radius 1 is 1.25 bits per heavy atom. The minimum atomic E-state index is -1.53. The van der Waals surface area contributed by atoms with Crippen molar-refractivity contribution in [1.29, 1.82) is 0 Å². The summed E-state index contributed by atoms with van der Waals surface area (Å²) in [6.07, 6.45) is 0. The highest BCUT2D eigenvalue weighted by Crippen LogP contribution is 2.30. The van der Waals surface area contributed by atoms with E-state index < -0.39 is 17.5 Å². The zero-order valence-corrected chi connectivity index (χ0v) is 7.58. The highest BCUT2D eigenvalue weighted by atomic mass is 79.9. The van der Waals surface area contributed by atoms with Crippen molar-refractivity contribution in [3.8, 4) is 5.75 Å². The Bertz CT molecular complexity index is 314. The van der Waals surface area contributed by atoms with E-state index in [-0.39, 0.29) is 10.2 Å². The third-order valence-electron chi connectivity index (χ3n) is 1.28. The lowest BCUT2D eigenvalue weighted by atomic mass is 10.3. The summed E-state index contributed by atoms with van der Waals surface area (Å²) < 4.78 is 42.2. The quantitative estimate of drug-likeness (QED) is 0.542. The fourth-order valence-corrected chi connectivity index (χ4v) is 1.27. The normalized spacial score (nSPS) is 10.1. The van der Waals surface area contributed by atoms with Crippen LogP contribution in [0.5, 0.6) is 5.75 Å². The second kappa shape index (κ2) is 3.35. The molecule has 0 bridgehead atoms. The van der Waals surface area contributed by atoms with Crippen molar-refractivity contribution in [2.24, 2.45) is 0 Å². The van der Waals surface area contributed by atoms with Crippen molar-refractivity contribution in [3.05, 3.63) is 28.0 Å². The maximum absolute atomic E-state index is 12.8. The van der Waals surface area contributed by atoms with Crippen LogP contribution in [0, 0.1) is 17.5 Å². The zero-order chi connectivity index (χ0) is 9.30. The van der Waals surface area contributed by atoms with Crippen LogP contribution in [-0.2, 0) is 0 Å². The molecular formula is C7H4BrF3O. The summed E-state index contributed by atoms with van der Waals surface area (Å²) in [5, 5.41) is 0. The first-order valence-corrected chi connectivity index (χ1v) is 3.74. The van der Waals surface area contributed by atoms with Crippen LogP contribution in [0.15, 0.2) is 10.5 Å². The average Bonchev–Trinajstić information content (AvgIpc) is 2.01. The molecule has 0 saturated carbocycles. The average molecular weight is 241 g/mol. The molecule has 0 unspecified atom stereocenters. The number of methoxy groups -OCH3 is 1. The van der Waals surface area contributed by atoms with E-state index in [2.05, 4.69) is 20.7 Å². The molecule has 0 aliphatic carbocycles. The van der Waals surface area contributed by atoms with E-state index in [1.54, 1.807) is 0 Å². The Morgan fingerprint density at radius 3 is 2.33 bits per heavy atom. The van der Waals surface area contributed by atoms with Gasteiger partial charge in [0.2, 0.25) is 5.82 Å². The van der Waals surface area contributed by atoms with Gasteiger partial charge in [0.1, 0.15) is 0 Å². The number of hydrogen-bond acceptors (Lipinski definition) is 1. The molecule has 0 saturated heterocycles. The molecule has 0 heterocycles. The van der Waals surface area contributed by atoms with Gasteiger partial charge in [-0.15, -0.1) is 0 Å². The van der Waals surface area contributed by atoms with Crippen LogP contribution >= 0.6 is 15.9 Å². The van der Waals surface area contributed by atoms with Crippen molar-refractivity contribution >= 4 is 15.9 Å². The van der Waals surface area contributed by atoms with E-state index in [0.29, 0.717) is 0 Å². The molecule has 0 atom stereocenters. The molecule has 0 aromatic heterocycles. The van der Waals surface area contributed by atoms with Gasteiger partial charge in [-0.1, -0.05) is 0 Å². The molecule has 12 heavy (non-hydrogen) atoms. The van der Waals surface area contributed by atoms with Gasteiger partial charge < -0.3 is 4.74 Å². The Hall–Kier alpha value is -0.710. The molecule has 0 aliphatic heterocycles. The number of benzene rings is 1. The van der Waals surface area contributed by atoms with Crippen molar-refractivity contribution in [2.45, 2.75) is 0 Å². The molecule has 1 aromatic rings. The maximum atomic E-state index is 12.8. The minimum Gasteiger partial charge on any atom is -0.492 e. The van der Waals surface area contributed by atoms with Crippen LogP contribution in [0.2, 0.25) is 0 Å². The van der Waals surface area contributed by atoms with Gasteiger partial charge in [0.15, 0.2) is 17.4 Å². The molecular weight excluding hydrogens is 237 g/mol.